The van der Waals surface area contributed by atoms with Gasteiger partial charge < -0.3 is 9.47 Å². The van der Waals surface area contributed by atoms with E-state index in [0.29, 0.717) is 18.9 Å². The molecule has 0 spiro atoms. The van der Waals surface area contributed by atoms with Crippen molar-refractivity contribution in [1.82, 2.24) is 0 Å². The van der Waals surface area contributed by atoms with E-state index in [1.54, 1.807) is 7.11 Å². The van der Waals surface area contributed by atoms with E-state index in [0.717, 1.165) is 5.56 Å². The number of hydrogen-bond acceptors (Lipinski definition) is 3. The van der Waals surface area contributed by atoms with Gasteiger partial charge in [-0.15, -0.1) is 0 Å². The molecule has 0 bridgehead atoms. The molecule has 0 amide bonds. The zero-order chi connectivity index (χ0) is 22.6. The maximum atomic E-state index is 12.6. The Morgan fingerprint density at radius 3 is 1.81 bits per heavy atom. The zero-order valence-corrected chi connectivity index (χ0v) is 20.6. The minimum Gasteiger partial charge on any atom is -0.463 e. The zero-order valence-electron chi connectivity index (χ0n) is 20.6. The number of ether oxygens (including phenoxy) is 2. The van der Waals surface area contributed by atoms with Gasteiger partial charge in [-0.2, -0.15) is 0 Å². The van der Waals surface area contributed by atoms with Gasteiger partial charge in [-0.3, -0.25) is 0 Å². The van der Waals surface area contributed by atoms with Gasteiger partial charge in [0.15, 0.2) is 6.10 Å². The molecule has 3 heteroatoms. The van der Waals surface area contributed by atoms with Crippen molar-refractivity contribution < 1.29 is 14.3 Å². The summed E-state index contributed by atoms with van der Waals surface area (Å²) in [5, 5.41) is 0. The monoisotopic (exact) mass is 432 g/mol. The molecule has 178 valence electrons. The smallest absolute Gasteiger partial charge is 0.335 e. The minimum absolute atomic E-state index is 0.220. The summed E-state index contributed by atoms with van der Waals surface area (Å²) in [6.45, 7) is 5.06. The van der Waals surface area contributed by atoms with Crippen LogP contribution >= 0.6 is 0 Å². The van der Waals surface area contributed by atoms with Crippen molar-refractivity contribution in [3.8, 4) is 0 Å². The highest BCUT2D eigenvalue weighted by atomic mass is 16.6. The Bertz CT molecular complexity index is 528. The van der Waals surface area contributed by atoms with E-state index < -0.39 is 6.10 Å². The number of unbranched alkanes of at least 4 members (excludes halogenated alkanes) is 10. The van der Waals surface area contributed by atoms with Crippen molar-refractivity contribution in [3.63, 3.8) is 0 Å². The Balaban J connectivity index is 2.40. The first kappa shape index (κ1) is 27.7. The van der Waals surface area contributed by atoms with Gasteiger partial charge in [0.25, 0.3) is 0 Å². The highest BCUT2D eigenvalue weighted by molar-refractivity contribution is 5.75. The molecule has 1 aromatic carbocycles. The molecule has 0 aliphatic rings. The SMILES string of the molecule is CCCCCCCCCC(CCCCCCC)COC(=O)C(Cc1ccccc1)OC. The Kier molecular flexibility index (Phi) is 17.3. The molecule has 2 atom stereocenters. The summed E-state index contributed by atoms with van der Waals surface area (Å²) in [5.41, 5.74) is 1.10. The molecule has 31 heavy (non-hydrogen) atoms. The largest absolute Gasteiger partial charge is 0.463 e. The van der Waals surface area contributed by atoms with Crippen molar-refractivity contribution in [1.29, 1.82) is 0 Å². The molecule has 3 nitrogen and oxygen atoms in total. The van der Waals surface area contributed by atoms with Crippen molar-refractivity contribution in [2.24, 2.45) is 5.92 Å². The fourth-order valence-electron chi connectivity index (χ4n) is 4.12. The van der Waals surface area contributed by atoms with E-state index in [4.69, 9.17) is 9.47 Å². The molecular weight excluding hydrogens is 384 g/mol. The second kappa shape index (κ2) is 19.3. The molecule has 0 aliphatic heterocycles. The van der Waals surface area contributed by atoms with Crippen LogP contribution in [0.2, 0.25) is 0 Å². The topological polar surface area (TPSA) is 35.5 Å². The number of hydrogen-bond donors (Lipinski definition) is 0. The van der Waals surface area contributed by atoms with Gasteiger partial charge in [-0.05, 0) is 24.3 Å². The van der Waals surface area contributed by atoms with E-state index in [2.05, 4.69) is 13.8 Å². The molecule has 1 aromatic rings. The standard InChI is InChI=1S/C28H48O3/c1-4-6-8-10-11-13-16-22-26(21-15-12-9-7-5-2)24-31-28(29)27(30-3)23-25-19-17-14-18-20-25/h14,17-20,26-27H,4-13,15-16,21-24H2,1-3H3. The van der Waals surface area contributed by atoms with Crippen LogP contribution in [0.25, 0.3) is 0 Å². The van der Waals surface area contributed by atoms with Crippen molar-refractivity contribution >= 4 is 5.97 Å². The maximum Gasteiger partial charge on any atom is 0.335 e. The highest BCUT2D eigenvalue weighted by Gasteiger charge is 2.21. The molecule has 0 aliphatic carbocycles. The maximum absolute atomic E-state index is 12.6. The third-order valence-corrected chi connectivity index (χ3v) is 6.20. The van der Waals surface area contributed by atoms with Crippen LogP contribution in [0.4, 0.5) is 0 Å². The van der Waals surface area contributed by atoms with Crippen LogP contribution in [0, 0.1) is 5.92 Å². The van der Waals surface area contributed by atoms with E-state index in [-0.39, 0.29) is 5.97 Å². The number of benzene rings is 1. The normalized spacial score (nSPS) is 13.1. The average Bonchev–Trinajstić information content (AvgIpc) is 2.80. The molecule has 0 heterocycles. The fraction of sp³-hybridized carbons (Fsp3) is 0.750. The number of carbonyl (C=O) groups is 1. The number of esters is 1. The van der Waals surface area contributed by atoms with Crippen LogP contribution in [0.3, 0.4) is 0 Å². The second-order valence-electron chi connectivity index (χ2n) is 9.02. The molecular formula is C28H48O3. The van der Waals surface area contributed by atoms with Crippen molar-refractivity contribution in [2.45, 2.75) is 116 Å². The third kappa shape index (κ3) is 14.4. The lowest BCUT2D eigenvalue weighted by Crippen LogP contribution is -2.29. The van der Waals surface area contributed by atoms with E-state index in [1.165, 1.54) is 89.9 Å². The van der Waals surface area contributed by atoms with Gasteiger partial charge in [-0.25, -0.2) is 4.79 Å². The van der Waals surface area contributed by atoms with Gasteiger partial charge in [0.1, 0.15) is 0 Å². The second-order valence-corrected chi connectivity index (χ2v) is 9.02. The number of rotatable bonds is 20. The summed E-state index contributed by atoms with van der Waals surface area (Å²) in [6.07, 6.45) is 18.1. The van der Waals surface area contributed by atoms with Crippen molar-refractivity contribution in [2.75, 3.05) is 13.7 Å². The summed E-state index contributed by atoms with van der Waals surface area (Å²) < 4.78 is 11.2. The van der Waals surface area contributed by atoms with Gasteiger partial charge in [-0.1, -0.05) is 121 Å². The van der Waals surface area contributed by atoms with Crippen LogP contribution in [0.15, 0.2) is 30.3 Å². The van der Waals surface area contributed by atoms with Crippen LogP contribution < -0.4 is 0 Å². The molecule has 1 rings (SSSR count). The molecule has 2 unspecified atom stereocenters. The lowest BCUT2D eigenvalue weighted by Gasteiger charge is -2.20. The Morgan fingerprint density at radius 2 is 1.29 bits per heavy atom. The summed E-state index contributed by atoms with van der Waals surface area (Å²) in [6, 6.07) is 10.0. The first-order valence-electron chi connectivity index (χ1n) is 12.9. The molecule has 0 radical (unpaired) electrons. The van der Waals surface area contributed by atoms with Crippen LogP contribution in [-0.2, 0) is 20.7 Å². The quantitative estimate of drug-likeness (QED) is 0.155. The van der Waals surface area contributed by atoms with Crippen molar-refractivity contribution in [3.05, 3.63) is 35.9 Å². The lowest BCUT2D eigenvalue weighted by atomic mass is 9.94. The minimum atomic E-state index is -0.522. The third-order valence-electron chi connectivity index (χ3n) is 6.20. The van der Waals surface area contributed by atoms with Crippen LogP contribution in [0.1, 0.15) is 109 Å². The molecule has 0 saturated heterocycles. The molecule has 0 N–H and O–H groups in total. The summed E-state index contributed by atoms with van der Waals surface area (Å²) in [5.74, 6) is 0.261. The Labute approximate surface area is 192 Å². The summed E-state index contributed by atoms with van der Waals surface area (Å²) in [4.78, 5) is 12.6. The van der Waals surface area contributed by atoms with E-state index >= 15 is 0 Å². The van der Waals surface area contributed by atoms with Crippen LogP contribution in [0.5, 0.6) is 0 Å². The Morgan fingerprint density at radius 1 is 0.774 bits per heavy atom. The first-order valence-corrected chi connectivity index (χ1v) is 12.9. The summed E-state index contributed by atoms with van der Waals surface area (Å²) in [7, 11) is 1.60. The predicted molar refractivity (Wildman–Crippen MR) is 131 cm³/mol. The van der Waals surface area contributed by atoms with Gasteiger partial charge >= 0.3 is 5.97 Å². The number of carbonyl (C=O) groups excluding carboxylic acids is 1. The summed E-state index contributed by atoms with van der Waals surface area (Å²) >= 11 is 0. The van der Waals surface area contributed by atoms with Gasteiger partial charge in [0.05, 0.1) is 6.61 Å². The molecule has 0 aromatic heterocycles. The highest BCUT2D eigenvalue weighted by Crippen LogP contribution is 2.20. The molecule has 0 fully saturated rings. The first-order chi connectivity index (χ1) is 15.2. The van der Waals surface area contributed by atoms with E-state index in [1.807, 2.05) is 30.3 Å². The van der Waals surface area contributed by atoms with Gasteiger partial charge in [0.2, 0.25) is 0 Å². The fourth-order valence-corrected chi connectivity index (χ4v) is 4.12. The van der Waals surface area contributed by atoms with Gasteiger partial charge in [0, 0.05) is 13.5 Å². The Hall–Kier alpha value is -1.35. The average molecular weight is 433 g/mol. The molecule has 0 saturated carbocycles. The van der Waals surface area contributed by atoms with Crippen LogP contribution in [-0.4, -0.2) is 25.8 Å². The predicted octanol–water partition coefficient (Wildman–Crippen LogP) is 7.90. The van der Waals surface area contributed by atoms with E-state index in [9.17, 15) is 4.79 Å². The number of methoxy groups -OCH3 is 1. The lowest BCUT2D eigenvalue weighted by molar-refractivity contribution is -0.156.